The lowest BCUT2D eigenvalue weighted by atomic mass is 10.2. The van der Waals surface area contributed by atoms with Crippen molar-refractivity contribution in [2.75, 3.05) is 7.05 Å². The summed E-state index contributed by atoms with van der Waals surface area (Å²) in [6.45, 7) is 3.76. The second-order valence-corrected chi connectivity index (χ2v) is 6.44. The average molecular weight is 376 g/mol. The molecular weight excluding hydrogens is 357 g/mol. The van der Waals surface area contributed by atoms with E-state index in [2.05, 4.69) is 5.10 Å². The molecule has 1 aromatic carbocycles. The Labute approximate surface area is 154 Å². The monoisotopic (exact) mass is 376 g/mol. The maximum Gasteiger partial charge on any atom is 0.416 e. The summed E-state index contributed by atoms with van der Waals surface area (Å²) in [5.41, 5.74) is -0.249. The summed E-state index contributed by atoms with van der Waals surface area (Å²) >= 11 is 0. The predicted molar refractivity (Wildman–Crippen MR) is 95.1 cm³/mol. The molecule has 0 atom stereocenters. The summed E-state index contributed by atoms with van der Waals surface area (Å²) < 4.78 is 42.3. The first-order chi connectivity index (χ1) is 12.7. The maximum absolute atomic E-state index is 13.1. The van der Waals surface area contributed by atoms with E-state index in [0.717, 1.165) is 12.1 Å². The first-order valence-corrected chi connectivity index (χ1v) is 8.36. The molecule has 0 saturated carbocycles. The molecule has 0 aliphatic carbocycles. The van der Waals surface area contributed by atoms with Gasteiger partial charge in [-0.05, 0) is 44.2 Å². The standard InChI is InChI=1S/C19H19F3N4O/c1-13(2)24(3)18(27)16-12-23-26(17(16)25-9-4-5-10-25)15-8-6-7-14(11-15)19(20,21)22/h4-13H,1-3H3. The van der Waals surface area contributed by atoms with Crippen LogP contribution in [0.1, 0.15) is 29.8 Å². The Morgan fingerprint density at radius 1 is 1.15 bits per heavy atom. The van der Waals surface area contributed by atoms with Crippen LogP contribution in [0.2, 0.25) is 0 Å². The van der Waals surface area contributed by atoms with Gasteiger partial charge in [0.1, 0.15) is 5.56 Å². The van der Waals surface area contributed by atoms with E-state index in [9.17, 15) is 18.0 Å². The minimum absolute atomic E-state index is 0.0353. The lowest BCUT2D eigenvalue weighted by Crippen LogP contribution is -2.33. The SMILES string of the molecule is CC(C)N(C)C(=O)c1cnn(-c2cccc(C(F)(F)F)c2)c1-n1cccc1. The minimum Gasteiger partial charge on any atom is -0.339 e. The van der Waals surface area contributed by atoms with Gasteiger partial charge >= 0.3 is 6.18 Å². The first-order valence-electron chi connectivity index (χ1n) is 8.36. The van der Waals surface area contributed by atoms with E-state index in [1.807, 2.05) is 13.8 Å². The fourth-order valence-electron chi connectivity index (χ4n) is 2.64. The third-order valence-corrected chi connectivity index (χ3v) is 4.34. The van der Waals surface area contributed by atoms with Crippen molar-refractivity contribution in [2.45, 2.75) is 26.1 Å². The van der Waals surface area contributed by atoms with Gasteiger partial charge in [-0.25, -0.2) is 4.68 Å². The van der Waals surface area contributed by atoms with Crippen molar-refractivity contribution in [1.82, 2.24) is 19.2 Å². The number of benzene rings is 1. The van der Waals surface area contributed by atoms with Crippen LogP contribution in [0.3, 0.4) is 0 Å². The largest absolute Gasteiger partial charge is 0.416 e. The van der Waals surface area contributed by atoms with Crippen LogP contribution < -0.4 is 0 Å². The van der Waals surface area contributed by atoms with Gasteiger partial charge < -0.3 is 9.47 Å². The quantitative estimate of drug-likeness (QED) is 0.686. The number of carbonyl (C=O) groups excluding carboxylic acids is 1. The summed E-state index contributed by atoms with van der Waals surface area (Å²) in [6, 6.07) is 8.36. The Bertz CT molecular complexity index is 942. The second-order valence-electron chi connectivity index (χ2n) is 6.44. The number of halogens is 3. The lowest BCUT2D eigenvalue weighted by molar-refractivity contribution is -0.137. The van der Waals surface area contributed by atoms with Crippen LogP contribution in [0.5, 0.6) is 0 Å². The summed E-state index contributed by atoms with van der Waals surface area (Å²) in [6.07, 6.45) is 0.352. The van der Waals surface area contributed by atoms with Crippen LogP contribution >= 0.6 is 0 Å². The van der Waals surface area contributed by atoms with Crippen molar-refractivity contribution in [3.63, 3.8) is 0 Å². The molecule has 0 radical (unpaired) electrons. The van der Waals surface area contributed by atoms with Crippen molar-refractivity contribution in [1.29, 1.82) is 0 Å². The van der Waals surface area contributed by atoms with Crippen molar-refractivity contribution in [2.24, 2.45) is 0 Å². The zero-order chi connectivity index (χ0) is 19.8. The Hall–Kier alpha value is -3.03. The third-order valence-electron chi connectivity index (χ3n) is 4.34. The third kappa shape index (κ3) is 3.60. The normalized spacial score (nSPS) is 11.8. The number of rotatable bonds is 4. The summed E-state index contributed by atoms with van der Waals surface area (Å²) in [4.78, 5) is 14.4. The average Bonchev–Trinajstić information content (AvgIpc) is 3.28. The molecule has 8 heteroatoms. The highest BCUT2D eigenvalue weighted by Crippen LogP contribution is 2.31. The number of amides is 1. The number of hydrogen-bond donors (Lipinski definition) is 0. The predicted octanol–water partition coefficient (Wildman–Crippen LogP) is 4.16. The van der Waals surface area contributed by atoms with E-state index in [4.69, 9.17) is 0 Å². The number of nitrogens with zero attached hydrogens (tertiary/aromatic N) is 4. The molecule has 0 aliphatic rings. The molecule has 0 aliphatic heterocycles. The Balaban J connectivity index is 2.17. The summed E-state index contributed by atoms with van der Waals surface area (Å²) in [5, 5.41) is 4.21. The number of hydrogen-bond acceptors (Lipinski definition) is 2. The van der Waals surface area contributed by atoms with Gasteiger partial charge in [0.25, 0.3) is 5.91 Å². The van der Waals surface area contributed by atoms with Crippen molar-refractivity contribution >= 4 is 5.91 Å². The van der Waals surface area contributed by atoms with Gasteiger partial charge in [0, 0.05) is 25.5 Å². The molecule has 142 valence electrons. The Morgan fingerprint density at radius 3 is 2.41 bits per heavy atom. The topological polar surface area (TPSA) is 43.1 Å². The molecule has 2 heterocycles. The number of carbonyl (C=O) groups is 1. The molecule has 3 aromatic rings. The van der Waals surface area contributed by atoms with E-state index in [-0.39, 0.29) is 17.6 Å². The van der Waals surface area contributed by atoms with Crippen LogP contribution in [0.25, 0.3) is 11.5 Å². The molecule has 0 saturated heterocycles. The first kappa shape index (κ1) is 18.8. The van der Waals surface area contributed by atoms with Crippen LogP contribution in [0.15, 0.2) is 55.0 Å². The molecule has 5 nitrogen and oxygen atoms in total. The van der Waals surface area contributed by atoms with Crippen LogP contribution in [-0.4, -0.2) is 38.2 Å². The van der Waals surface area contributed by atoms with Gasteiger partial charge in [0.2, 0.25) is 0 Å². The Kier molecular flexibility index (Phi) is 4.82. The maximum atomic E-state index is 13.1. The fourth-order valence-corrected chi connectivity index (χ4v) is 2.64. The second kappa shape index (κ2) is 6.94. The zero-order valence-electron chi connectivity index (χ0n) is 15.1. The van der Waals surface area contributed by atoms with Crippen molar-refractivity contribution in [3.8, 4) is 11.5 Å². The van der Waals surface area contributed by atoms with E-state index < -0.39 is 11.7 Å². The van der Waals surface area contributed by atoms with Gasteiger partial charge in [-0.1, -0.05) is 6.07 Å². The van der Waals surface area contributed by atoms with E-state index in [1.165, 1.54) is 23.0 Å². The smallest absolute Gasteiger partial charge is 0.339 e. The van der Waals surface area contributed by atoms with Gasteiger partial charge in [-0.15, -0.1) is 0 Å². The van der Waals surface area contributed by atoms with Gasteiger partial charge in [0.15, 0.2) is 5.82 Å². The molecule has 1 amide bonds. The molecule has 0 bridgehead atoms. The van der Waals surface area contributed by atoms with Gasteiger partial charge in [-0.2, -0.15) is 18.3 Å². The van der Waals surface area contributed by atoms with E-state index in [0.29, 0.717) is 11.4 Å². The van der Waals surface area contributed by atoms with E-state index in [1.54, 1.807) is 41.0 Å². The minimum atomic E-state index is -4.46. The molecule has 0 unspecified atom stereocenters. The highest BCUT2D eigenvalue weighted by Gasteiger charge is 2.31. The van der Waals surface area contributed by atoms with Crippen LogP contribution in [-0.2, 0) is 6.18 Å². The molecule has 3 rings (SSSR count). The molecule has 27 heavy (non-hydrogen) atoms. The number of alkyl halides is 3. The van der Waals surface area contributed by atoms with Crippen LogP contribution in [0, 0.1) is 0 Å². The molecule has 0 fully saturated rings. The lowest BCUT2D eigenvalue weighted by Gasteiger charge is -2.21. The fraction of sp³-hybridized carbons (Fsp3) is 0.263. The molecule has 2 aromatic heterocycles. The zero-order valence-corrected chi connectivity index (χ0v) is 15.1. The number of aromatic nitrogens is 3. The van der Waals surface area contributed by atoms with Crippen molar-refractivity contribution in [3.05, 3.63) is 66.1 Å². The summed E-state index contributed by atoms with van der Waals surface area (Å²) in [5.74, 6) is 0.128. The highest BCUT2D eigenvalue weighted by atomic mass is 19.4. The Morgan fingerprint density at radius 2 is 1.81 bits per heavy atom. The van der Waals surface area contributed by atoms with Crippen molar-refractivity contribution < 1.29 is 18.0 Å². The molecule has 0 N–H and O–H groups in total. The highest BCUT2D eigenvalue weighted by molar-refractivity contribution is 5.97. The molecule has 0 spiro atoms. The molecular formula is C19H19F3N4O. The summed E-state index contributed by atoms with van der Waals surface area (Å²) in [7, 11) is 1.67. The van der Waals surface area contributed by atoms with Gasteiger partial charge in [-0.3, -0.25) is 4.79 Å². The van der Waals surface area contributed by atoms with Crippen LogP contribution in [0.4, 0.5) is 13.2 Å². The van der Waals surface area contributed by atoms with E-state index >= 15 is 0 Å². The van der Waals surface area contributed by atoms with Gasteiger partial charge in [0.05, 0.1) is 17.4 Å².